The molecule has 2 aliphatic rings. The largest absolute Gasteiger partial charge is 0.329 e. The summed E-state index contributed by atoms with van der Waals surface area (Å²) in [6, 6.07) is 17.9. The highest BCUT2D eigenvalue weighted by Gasteiger charge is 2.48. The SMILES string of the molecule is N#Cc1ccc(Cn2cncc2CN2CCC3(CC2)C(=O)Nc2ccccc23)cc1. The molecule has 0 aliphatic carbocycles. The Kier molecular flexibility index (Phi) is 4.61. The number of nitriles is 1. The molecule has 1 N–H and O–H groups in total. The third kappa shape index (κ3) is 3.17. The summed E-state index contributed by atoms with van der Waals surface area (Å²) in [5.74, 6) is 0.147. The maximum Gasteiger partial charge on any atom is 0.235 e. The first-order valence-corrected chi connectivity index (χ1v) is 10.3. The highest BCUT2D eigenvalue weighted by molar-refractivity contribution is 6.06. The Morgan fingerprint density at radius 2 is 1.83 bits per heavy atom. The van der Waals surface area contributed by atoms with E-state index in [0.717, 1.165) is 61.5 Å². The van der Waals surface area contributed by atoms with Gasteiger partial charge in [0.1, 0.15) is 0 Å². The summed E-state index contributed by atoms with van der Waals surface area (Å²) in [7, 11) is 0. The van der Waals surface area contributed by atoms with E-state index in [2.05, 4.69) is 31.9 Å². The van der Waals surface area contributed by atoms with Crippen molar-refractivity contribution < 1.29 is 4.79 Å². The minimum Gasteiger partial charge on any atom is -0.329 e. The molecule has 5 rings (SSSR count). The van der Waals surface area contributed by atoms with Crippen molar-refractivity contribution in [3.63, 3.8) is 0 Å². The van der Waals surface area contributed by atoms with Gasteiger partial charge in [-0.3, -0.25) is 9.69 Å². The highest BCUT2D eigenvalue weighted by atomic mass is 16.2. The molecule has 1 amide bonds. The van der Waals surface area contributed by atoms with E-state index in [9.17, 15) is 4.79 Å². The van der Waals surface area contributed by atoms with Gasteiger partial charge in [0, 0.05) is 25.0 Å². The topological polar surface area (TPSA) is 74.0 Å². The first-order chi connectivity index (χ1) is 14.7. The van der Waals surface area contributed by atoms with E-state index in [4.69, 9.17) is 5.26 Å². The zero-order valence-electron chi connectivity index (χ0n) is 16.7. The number of amides is 1. The quantitative estimate of drug-likeness (QED) is 0.733. The van der Waals surface area contributed by atoms with Crippen LogP contribution in [0.5, 0.6) is 0 Å². The number of hydrogen-bond donors (Lipinski definition) is 1. The van der Waals surface area contributed by atoms with Gasteiger partial charge in [0.25, 0.3) is 0 Å². The summed E-state index contributed by atoms with van der Waals surface area (Å²) < 4.78 is 2.16. The molecule has 1 aromatic heterocycles. The molecule has 2 aliphatic heterocycles. The van der Waals surface area contributed by atoms with Crippen LogP contribution in [0.3, 0.4) is 0 Å². The molecule has 30 heavy (non-hydrogen) atoms. The van der Waals surface area contributed by atoms with Crippen molar-refractivity contribution in [3.05, 3.63) is 83.4 Å². The second-order valence-corrected chi connectivity index (χ2v) is 8.18. The fourth-order valence-corrected chi connectivity index (χ4v) is 4.70. The monoisotopic (exact) mass is 397 g/mol. The smallest absolute Gasteiger partial charge is 0.235 e. The summed E-state index contributed by atoms with van der Waals surface area (Å²) in [4.78, 5) is 19.5. The van der Waals surface area contributed by atoms with Gasteiger partial charge in [-0.05, 0) is 55.3 Å². The van der Waals surface area contributed by atoms with E-state index < -0.39 is 0 Å². The lowest BCUT2D eigenvalue weighted by Crippen LogP contribution is -2.46. The molecular formula is C24H23N5O. The number of carbonyl (C=O) groups is 1. The minimum atomic E-state index is -0.379. The number of nitrogens with zero attached hydrogens (tertiary/aromatic N) is 4. The number of hydrogen-bond acceptors (Lipinski definition) is 4. The predicted molar refractivity (Wildman–Crippen MR) is 114 cm³/mol. The summed E-state index contributed by atoms with van der Waals surface area (Å²) in [6.07, 6.45) is 5.45. The summed E-state index contributed by atoms with van der Waals surface area (Å²) in [5.41, 5.74) is 4.72. The molecule has 3 heterocycles. The van der Waals surface area contributed by atoms with Crippen LogP contribution in [0.1, 0.15) is 35.2 Å². The zero-order chi connectivity index (χ0) is 20.6. The second kappa shape index (κ2) is 7.43. The maximum absolute atomic E-state index is 12.8. The predicted octanol–water partition coefficient (Wildman–Crippen LogP) is 3.29. The highest BCUT2D eigenvalue weighted by Crippen LogP contribution is 2.44. The fraction of sp³-hybridized carbons (Fsp3) is 0.292. The lowest BCUT2D eigenvalue weighted by molar-refractivity contribution is -0.122. The first-order valence-electron chi connectivity index (χ1n) is 10.3. The van der Waals surface area contributed by atoms with E-state index in [1.54, 1.807) is 0 Å². The number of aromatic nitrogens is 2. The van der Waals surface area contributed by atoms with E-state index in [-0.39, 0.29) is 11.3 Å². The number of anilines is 1. The van der Waals surface area contributed by atoms with Crippen molar-refractivity contribution in [3.8, 4) is 6.07 Å². The second-order valence-electron chi connectivity index (χ2n) is 8.18. The number of para-hydroxylation sites is 1. The Morgan fingerprint density at radius 3 is 2.60 bits per heavy atom. The van der Waals surface area contributed by atoms with Crippen LogP contribution in [0.15, 0.2) is 61.1 Å². The molecule has 1 saturated heterocycles. The molecule has 3 aromatic rings. The third-order valence-corrected chi connectivity index (χ3v) is 6.46. The van der Waals surface area contributed by atoms with Crippen molar-refractivity contribution >= 4 is 11.6 Å². The van der Waals surface area contributed by atoms with Gasteiger partial charge in [0.15, 0.2) is 0 Å². The van der Waals surface area contributed by atoms with Crippen LogP contribution >= 0.6 is 0 Å². The normalized spacial score (nSPS) is 17.5. The van der Waals surface area contributed by atoms with Crippen molar-refractivity contribution in [2.75, 3.05) is 18.4 Å². The number of carbonyl (C=O) groups excluding carboxylic acids is 1. The van der Waals surface area contributed by atoms with Crippen molar-refractivity contribution in [2.24, 2.45) is 0 Å². The van der Waals surface area contributed by atoms with Crippen LogP contribution in [-0.2, 0) is 23.3 Å². The van der Waals surface area contributed by atoms with Gasteiger partial charge in [-0.15, -0.1) is 0 Å². The molecule has 1 spiro atoms. The van der Waals surface area contributed by atoms with Crippen LogP contribution < -0.4 is 5.32 Å². The van der Waals surface area contributed by atoms with Crippen molar-refractivity contribution in [1.82, 2.24) is 14.5 Å². The molecule has 0 atom stereocenters. The number of benzene rings is 2. The molecule has 6 nitrogen and oxygen atoms in total. The fourth-order valence-electron chi connectivity index (χ4n) is 4.70. The Morgan fingerprint density at radius 1 is 1.07 bits per heavy atom. The lowest BCUT2D eigenvalue weighted by atomic mass is 9.73. The first kappa shape index (κ1) is 18.6. The van der Waals surface area contributed by atoms with Gasteiger partial charge in [-0.25, -0.2) is 4.98 Å². The standard InChI is InChI=1S/C24H23N5O/c25-13-18-5-7-19(8-6-18)15-29-17-26-14-20(29)16-28-11-9-24(10-12-28)21-3-1-2-4-22(21)27-23(24)30/h1-8,14,17H,9-12,15-16H2,(H,27,30). The lowest BCUT2D eigenvalue weighted by Gasteiger charge is -2.38. The Hall–Kier alpha value is -3.43. The van der Waals surface area contributed by atoms with E-state index in [1.165, 1.54) is 0 Å². The molecule has 1 fully saturated rings. The van der Waals surface area contributed by atoms with Gasteiger partial charge in [0.05, 0.1) is 29.1 Å². The Bertz CT molecular complexity index is 1120. The number of piperidine rings is 1. The van der Waals surface area contributed by atoms with E-state index in [1.807, 2.05) is 55.0 Å². The Balaban J connectivity index is 1.26. The number of imidazole rings is 1. The number of fused-ring (bicyclic) bond motifs is 2. The van der Waals surface area contributed by atoms with Gasteiger partial charge in [-0.2, -0.15) is 5.26 Å². The molecular weight excluding hydrogens is 374 g/mol. The van der Waals surface area contributed by atoms with Crippen LogP contribution in [0.25, 0.3) is 0 Å². The minimum absolute atomic E-state index is 0.147. The molecule has 150 valence electrons. The van der Waals surface area contributed by atoms with Crippen LogP contribution in [-0.4, -0.2) is 33.4 Å². The summed E-state index contributed by atoms with van der Waals surface area (Å²) >= 11 is 0. The average Bonchev–Trinajstić information content (AvgIpc) is 3.32. The van der Waals surface area contributed by atoms with Gasteiger partial charge in [-0.1, -0.05) is 30.3 Å². The molecule has 0 bridgehead atoms. The van der Waals surface area contributed by atoms with Crippen molar-refractivity contribution in [1.29, 1.82) is 5.26 Å². The van der Waals surface area contributed by atoms with E-state index in [0.29, 0.717) is 5.56 Å². The number of nitrogens with one attached hydrogen (secondary N) is 1. The third-order valence-electron chi connectivity index (χ3n) is 6.46. The average molecular weight is 397 g/mol. The molecule has 6 heteroatoms. The zero-order valence-corrected chi connectivity index (χ0v) is 16.7. The summed E-state index contributed by atoms with van der Waals surface area (Å²) in [5, 5.41) is 12.0. The molecule has 0 radical (unpaired) electrons. The summed E-state index contributed by atoms with van der Waals surface area (Å²) in [6.45, 7) is 3.30. The molecule has 0 unspecified atom stereocenters. The van der Waals surface area contributed by atoms with E-state index >= 15 is 0 Å². The maximum atomic E-state index is 12.8. The van der Waals surface area contributed by atoms with Crippen LogP contribution in [0.4, 0.5) is 5.69 Å². The van der Waals surface area contributed by atoms with Gasteiger partial charge < -0.3 is 9.88 Å². The number of likely N-dealkylation sites (tertiary alicyclic amines) is 1. The van der Waals surface area contributed by atoms with Gasteiger partial charge >= 0.3 is 0 Å². The molecule has 2 aromatic carbocycles. The number of rotatable bonds is 4. The van der Waals surface area contributed by atoms with Crippen molar-refractivity contribution in [2.45, 2.75) is 31.3 Å². The van der Waals surface area contributed by atoms with Crippen LogP contribution in [0, 0.1) is 11.3 Å². The van der Waals surface area contributed by atoms with Gasteiger partial charge in [0.2, 0.25) is 5.91 Å². The molecule has 0 saturated carbocycles. The van der Waals surface area contributed by atoms with Crippen LogP contribution in [0.2, 0.25) is 0 Å². The Labute approximate surface area is 175 Å².